The predicted octanol–water partition coefficient (Wildman–Crippen LogP) is 5.94. The molecule has 3 atom stereocenters. The van der Waals surface area contributed by atoms with Crippen molar-refractivity contribution in [2.45, 2.75) is 43.4 Å². The van der Waals surface area contributed by atoms with Gasteiger partial charge in [0.25, 0.3) is 0 Å². The molecule has 6 nitrogen and oxygen atoms in total. The Morgan fingerprint density at radius 3 is 2.03 bits per heavy atom. The minimum Gasteiger partial charge on any atom is -0.480 e. The average Bonchev–Trinajstić information content (AvgIpc) is 3.42. The van der Waals surface area contributed by atoms with E-state index < -0.39 is 47.5 Å². The molecule has 4 aromatic rings. The molecule has 0 aliphatic carbocycles. The molecule has 1 amide bonds. The van der Waals surface area contributed by atoms with Gasteiger partial charge in [0, 0.05) is 5.92 Å². The molecule has 3 aromatic carbocycles. The van der Waals surface area contributed by atoms with Gasteiger partial charge in [0.05, 0.1) is 35.2 Å². The van der Waals surface area contributed by atoms with Gasteiger partial charge in [-0.2, -0.15) is 13.2 Å². The highest BCUT2D eigenvalue weighted by Gasteiger charge is 2.48. The SMILES string of the molecule is CC1c2nc[nH]c2C(Cc2ccc(C(F)(F)F)cc2)N(C(=O)C(c2ccccc2)c2ccccc2)C1C(=O)O. The lowest BCUT2D eigenvalue weighted by Crippen LogP contribution is -2.54. The second-order valence-corrected chi connectivity index (χ2v) is 9.69. The molecule has 0 fully saturated rings. The molecule has 0 radical (unpaired) electrons. The number of hydrogen-bond acceptors (Lipinski definition) is 3. The molecule has 39 heavy (non-hydrogen) atoms. The maximum absolute atomic E-state index is 14.6. The van der Waals surface area contributed by atoms with Crippen LogP contribution < -0.4 is 0 Å². The molecule has 200 valence electrons. The van der Waals surface area contributed by atoms with E-state index in [-0.39, 0.29) is 6.42 Å². The van der Waals surface area contributed by atoms with Crippen LogP contribution in [0.25, 0.3) is 0 Å². The van der Waals surface area contributed by atoms with Crippen LogP contribution in [-0.4, -0.2) is 37.9 Å². The summed E-state index contributed by atoms with van der Waals surface area (Å²) < 4.78 is 39.5. The van der Waals surface area contributed by atoms with Gasteiger partial charge >= 0.3 is 12.1 Å². The van der Waals surface area contributed by atoms with E-state index in [1.807, 2.05) is 60.7 Å². The maximum atomic E-state index is 14.6. The summed E-state index contributed by atoms with van der Waals surface area (Å²) in [7, 11) is 0. The summed E-state index contributed by atoms with van der Waals surface area (Å²) in [5.74, 6) is -3.00. The van der Waals surface area contributed by atoms with E-state index in [0.29, 0.717) is 28.1 Å². The Hall–Kier alpha value is -4.40. The number of imidazole rings is 1. The number of aliphatic carboxylic acids is 1. The largest absolute Gasteiger partial charge is 0.480 e. The fourth-order valence-corrected chi connectivity index (χ4v) is 5.46. The Morgan fingerprint density at radius 2 is 1.51 bits per heavy atom. The van der Waals surface area contributed by atoms with Crippen LogP contribution in [0.5, 0.6) is 0 Å². The van der Waals surface area contributed by atoms with E-state index >= 15 is 0 Å². The first kappa shape index (κ1) is 26.2. The Balaban J connectivity index is 1.63. The third-order valence-electron chi connectivity index (χ3n) is 7.30. The summed E-state index contributed by atoms with van der Waals surface area (Å²) in [5, 5.41) is 10.4. The van der Waals surface area contributed by atoms with E-state index in [1.54, 1.807) is 6.92 Å². The Morgan fingerprint density at radius 1 is 0.949 bits per heavy atom. The van der Waals surface area contributed by atoms with Gasteiger partial charge in [-0.3, -0.25) is 4.79 Å². The minimum atomic E-state index is -4.48. The van der Waals surface area contributed by atoms with Crippen LogP contribution in [0.15, 0.2) is 91.3 Å². The zero-order chi connectivity index (χ0) is 27.7. The van der Waals surface area contributed by atoms with Crippen molar-refractivity contribution in [1.29, 1.82) is 0 Å². The quantitative estimate of drug-likeness (QED) is 0.321. The second-order valence-electron chi connectivity index (χ2n) is 9.69. The molecular formula is C30H26F3N3O3. The molecule has 2 N–H and O–H groups in total. The van der Waals surface area contributed by atoms with Gasteiger partial charge in [0.1, 0.15) is 6.04 Å². The second kappa shape index (κ2) is 10.4. The normalized spacial score (nSPS) is 19.1. The fraction of sp³-hybridized carbons (Fsp3) is 0.233. The van der Waals surface area contributed by atoms with Crippen LogP contribution in [0.4, 0.5) is 13.2 Å². The number of benzene rings is 3. The van der Waals surface area contributed by atoms with Crippen LogP contribution in [0.1, 0.15) is 58.4 Å². The number of rotatable bonds is 6. The Bertz CT molecular complexity index is 1410. The van der Waals surface area contributed by atoms with Crippen molar-refractivity contribution < 1.29 is 27.9 Å². The number of fused-ring (bicyclic) bond motifs is 1. The van der Waals surface area contributed by atoms with E-state index in [9.17, 15) is 27.9 Å². The summed E-state index contributed by atoms with van der Waals surface area (Å²) in [6.45, 7) is 1.72. The first-order valence-corrected chi connectivity index (χ1v) is 12.5. The number of H-pyrrole nitrogens is 1. The lowest BCUT2D eigenvalue weighted by atomic mass is 9.82. The zero-order valence-electron chi connectivity index (χ0n) is 21.0. The zero-order valence-corrected chi connectivity index (χ0v) is 21.0. The number of aromatic nitrogens is 2. The van der Waals surface area contributed by atoms with Gasteiger partial charge in [0.15, 0.2) is 0 Å². The first-order chi connectivity index (χ1) is 18.7. The monoisotopic (exact) mass is 533 g/mol. The number of carbonyl (C=O) groups excluding carboxylic acids is 1. The highest BCUT2D eigenvalue weighted by molar-refractivity contribution is 5.92. The summed E-state index contributed by atoms with van der Waals surface area (Å²) in [6.07, 6.45) is -2.92. The minimum absolute atomic E-state index is 0.103. The number of carboxylic acid groups (broad SMARTS) is 1. The van der Waals surface area contributed by atoms with Gasteiger partial charge in [-0.25, -0.2) is 9.78 Å². The number of carbonyl (C=O) groups is 2. The topological polar surface area (TPSA) is 86.3 Å². The summed E-state index contributed by atoms with van der Waals surface area (Å²) in [5.41, 5.74) is 2.26. The lowest BCUT2D eigenvalue weighted by molar-refractivity contribution is -0.155. The number of aromatic amines is 1. The van der Waals surface area contributed by atoms with Gasteiger partial charge in [-0.1, -0.05) is 79.7 Å². The maximum Gasteiger partial charge on any atom is 0.416 e. The number of nitrogens with one attached hydrogen (secondary N) is 1. The van der Waals surface area contributed by atoms with Gasteiger partial charge in [0.2, 0.25) is 5.91 Å². The number of alkyl halides is 3. The molecule has 0 spiro atoms. The molecule has 5 rings (SSSR count). The van der Waals surface area contributed by atoms with Gasteiger partial charge in [-0.15, -0.1) is 0 Å². The van der Waals surface area contributed by atoms with Crippen molar-refractivity contribution in [3.8, 4) is 0 Å². The van der Waals surface area contributed by atoms with Crippen molar-refractivity contribution >= 4 is 11.9 Å². The molecule has 0 saturated carbocycles. The average molecular weight is 534 g/mol. The molecule has 3 unspecified atom stereocenters. The van der Waals surface area contributed by atoms with E-state index in [1.165, 1.54) is 23.4 Å². The summed E-state index contributed by atoms with van der Waals surface area (Å²) >= 11 is 0. The van der Waals surface area contributed by atoms with E-state index in [2.05, 4.69) is 9.97 Å². The third-order valence-corrected chi connectivity index (χ3v) is 7.30. The highest BCUT2D eigenvalue weighted by atomic mass is 19.4. The predicted molar refractivity (Wildman–Crippen MR) is 138 cm³/mol. The standard InChI is InChI=1S/C30H26F3N3O3/c1-18-25-26(35-17-34-25)23(16-19-12-14-22(15-13-19)30(31,32)33)36(27(18)29(38)39)28(37)24(20-8-4-2-5-9-20)21-10-6-3-7-11-21/h2-15,17-18,23-24,27H,16H2,1H3,(H,34,35)(H,38,39). The smallest absolute Gasteiger partial charge is 0.416 e. The van der Waals surface area contributed by atoms with E-state index in [4.69, 9.17) is 0 Å². The highest BCUT2D eigenvalue weighted by Crippen LogP contribution is 2.43. The molecule has 1 aliphatic heterocycles. The summed E-state index contributed by atoms with van der Waals surface area (Å²) in [4.78, 5) is 36.1. The molecular weight excluding hydrogens is 507 g/mol. The number of nitrogens with zero attached hydrogens (tertiary/aromatic N) is 2. The van der Waals surface area contributed by atoms with Gasteiger partial charge < -0.3 is 15.0 Å². The molecule has 1 aliphatic rings. The number of hydrogen-bond donors (Lipinski definition) is 2. The van der Waals surface area contributed by atoms with Crippen LogP contribution in [0, 0.1) is 0 Å². The van der Waals surface area contributed by atoms with Gasteiger partial charge in [-0.05, 0) is 35.2 Å². The molecule has 9 heteroatoms. The Labute approximate surface area is 223 Å². The van der Waals surface area contributed by atoms with Crippen LogP contribution >= 0.6 is 0 Å². The molecule has 0 bridgehead atoms. The number of halogens is 3. The van der Waals surface area contributed by atoms with Crippen molar-refractivity contribution in [2.75, 3.05) is 0 Å². The molecule has 0 saturated heterocycles. The third kappa shape index (κ3) is 5.04. The Kier molecular flexibility index (Phi) is 6.99. The summed E-state index contributed by atoms with van der Waals surface area (Å²) in [6, 6.07) is 20.9. The van der Waals surface area contributed by atoms with Crippen molar-refractivity contribution in [1.82, 2.24) is 14.9 Å². The first-order valence-electron chi connectivity index (χ1n) is 12.5. The van der Waals surface area contributed by atoms with Crippen LogP contribution in [-0.2, 0) is 22.2 Å². The lowest BCUT2D eigenvalue weighted by Gasteiger charge is -2.44. The number of carboxylic acids is 1. The fourth-order valence-electron chi connectivity index (χ4n) is 5.46. The van der Waals surface area contributed by atoms with Crippen molar-refractivity contribution in [2.24, 2.45) is 0 Å². The molecule has 2 heterocycles. The number of amides is 1. The van der Waals surface area contributed by atoms with Crippen LogP contribution in [0.3, 0.4) is 0 Å². The van der Waals surface area contributed by atoms with Crippen molar-refractivity contribution in [3.63, 3.8) is 0 Å². The molecule has 1 aromatic heterocycles. The van der Waals surface area contributed by atoms with Crippen LogP contribution in [0.2, 0.25) is 0 Å². The van der Waals surface area contributed by atoms with Crippen molar-refractivity contribution in [3.05, 3.63) is 125 Å². The van der Waals surface area contributed by atoms with E-state index in [0.717, 1.165) is 12.1 Å².